The second kappa shape index (κ2) is 9.45. The molecule has 0 aliphatic rings. The van der Waals surface area contributed by atoms with Gasteiger partial charge in [-0.25, -0.2) is 9.98 Å². The molecule has 7 heteroatoms. The van der Waals surface area contributed by atoms with Gasteiger partial charge in [0.05, 0.1) is 13.7 Å². The zero-order valence-corrected chi connectivity index (χ0v) is 17.3. The Labute approximate surface area is 165 Å². The fourth-order valence-electron chi connectivity index (χ4n) is 1.94. The van der Waals surface area contributed by atoms with Crippen molar-refractivity contribution in [2.24, 2.45) is 10.7 Å². The number of guanidine groups is 1. The quantitative estimate of drug-likeness (QED) is 0.406. The maximum Gasteiger partial charge on any atom is 0.213 e. The molecule has 0 amide bonds. The van der Waals surface area contributed by atoms with Crippen LogP contribution in [0.5, 0.6) is 11.6 Å². The van der Waals surface area contributed by atoms with Gasteiger partial charge in [0.15, 0.2) is 5.96 Å². The summed E-state index contributed by atoms with van der Waals surface area (Å²) < 4.78 is 10.9. The number of halogens is 1. The van der Waals surface area contributed by atoms with Crippen LogP contribution in [-0.4, -0.2) is 23.7 Å². The van der Waals surface area contributed by atoms with Crippen LogP contribution in [0.4, 0.5) is 5.69 Å². The minimum absolute atomic E-state index is 0. The zero-order valence-electron chi connectivity index (χ0n) is 14.9. The standard InChI is InChI=1S/C18H24N4O2.HI/c1-18(2,3)24-16-9-8-13(11-20-16)12-21-17(19)22-14-6-5-7-15(10-14)23-4;/h5-11H,12H2,1-4H3,(H3,19,21,22);1H. The highest BCUT2D eigenvalue weighted by molar-refractivity contribution is 14.0. The average Bonchev–Trinajstić information content (AvgIpc) is 2.53. The lowest BCUT2D eigenvalue weighted by Gasteiger charge is -2.20. The minimum Gasteiger partial charge on any atom is -0.497 e. The molecule has 0 fully saturated rings. The van der Waals surface area contributed by atoms with Crippen LogP contribution in [-0.2, 0) is 6.54 Å². The summed E-state index contributed by atoms with van der Waals surface area (Å²) in [6.07, 6.45) is 1.74. The van der Waals surface area contributed by atoms with Crippen LogP contribution < -0.4 is 20.5 Å². The van der Waals surface area contributed by atoms with E-state index in [9.17, 15) is 0 Å². The van der Waals surface area contributed by atoms with E-state index in [2.05, 4.69) is 15.3 Å². The second-order valence-corrected chi connectivity index (χ2v) is 6.28. The molecule has 3 N–H and O–H groups in total. The van der Waals surface area contributed by atoms with Gasteiger partial charge in [-0.2, -0.15) is 0 Å². The summed E-state index contributed by atoms with van der Waals surface area (Å²) >= 11 is 0. The van der Waals surface area contributed by atoms with Crippen LogP contribution in [0.15, 0.2) is 47.6 Å². The first-order valence-corrected chi connectivity index (χ1v) is 7.71. The van der Waals surface area contributed by atoms with Crippen molar-refractivity contribution in [1.82, 2.24) is 4.98 Å². The lowest BCUT2D eigenvalue weighted by Crippen LogP contribution is -2.23. The van der Waals surface area contributed by atoms with Gasteiger partial charge in [0.2, 0.25) is 5.88 Å². The van der Waals surface area contributed by atoms with E-state index < -0.39 is 0 Å². The number of benzene rings is 1. The lowest BCUT2D eigenvalue weighted by atomic mass is 10.2. The van der Waals surface area contributed by atoms with E-state index in [4.69, 9.17) is 15.2 Å². The molecule has 0 spiro atoms. The van der Waals surface area contributed by atoms with Crippen molar-refractivity contribution in [3.63, 3.8) is 0 Å². The molecule has 6 nitrogen and oxygen atoms in total. The molecule has 0 saturated heterocycles. The number of nitrogens with one attached hydrogen (secondary N) is 1. The summed E-state index contributed by atoms with van der Waals surface area (Å²) in [5.41, 5.74) is 7.42. The van der Waals surface area contributed by atoms with E-state index >= 15 is 0 Å². The topological polar surface area (TPSA) is 81.8 Å². The number of hydrogen-bond acceptors (Lipinski definition) is 4. The van der Waals surface area contributed by atoms with E-state index in [0.717, 1.165) is 17.0 Å². The molecule has 25 heavy (non-hydrogen) atoms. The molecule has 0 unspecified atom stereocenters. The van der Waals surface area contributed by atoms with Crippen molar-refractivity contribution in [2.75, 3.05) is 12.4 Å². The molecule has 136 valence electrons. The minimum atomic E-state index is -0.266. The summed E-state index contributed by atoms with van der Waals surface area (Å²) in [4.78, 5) is 8.59. The molecule has 2 aromatic rings. The van der Waals surface area contributed by atoms with Crippen LogP contribution in [0, 0.1) is 0 Å². The SMILES string of the molecule is COc1cccc(NC(N)=NCc2ccc(OC(C)(C)C)nc2)c1.I. The van der Waals surface area contributed by atoms with Crippen molar-refractivity contribution < 1.29 is 9.47 Å². The number of methoxy groups -OCH3 is 1. The summed E-state index contributed by atoms with van der Waals surface area (Å²) in [6.45, 7) is 6.39. The summed E-state index contributed by atoms with van der Waals surface area (Å²) in [6, 6.07) is 11.3. The van der Waals surface area contributed by atoms with Crippen LogP contribution in [0.25, 0.3) is 0 Å². The Morgan fingerprint density at radius 2 is 2.00 bits per heavy atom. The van der Waals surface area contributed by atoms with Crippen LogP contribution >= 0.6 is 24.0 Å². The van der Waals surface area contributed by atoms with E-state index in [0.29, 0.717) is 18.4 Å². The fraction of sp³-hybridized carbons (Fsp3) is 0.333. The maximum atomic E-state index is 5.91. The van der Waals surface area contributed by atoms with Gasteiger partial charge in [0, 0.05) is 24.0 Å². The van der Waals surface area contributed by atoms with Crippen LogP contribution in [0.3, 0.4) is 0 Å². The van der Waals surface area contributed by atoms with Gasteiger partial charge in [-0.15, -0.1) is 24.0 Å². The number of anilines is 1. The first kappa shape index (κ1) is 21.0. The average molecular weight is 456 g/mol. The molecule has 0 bridgehead atoms. The predicted octanol–water partition coefficient (Wildman–Crippen LogP) is 3.81. The first-order chi connectivity index (χ1) is 11.4. The predicted molar refractivity (Wildman–Crippen MR) is 112 cm³/mol. The summed E-state index contributed by atoms with van der Waals surface area (Å²) in [7, 11) is 1.62. The Balaban J connectivity index is 0.00000312. The normalized spacial score (nSPS) is 11.4. The third kappa shape index (κ3) is 7.59. The van der Waals surface area contributed by atoms with E-state index in [1.165, 1.54) is 0 Å². The van der Waals surface area contributed by atoms with Crippen molar-refractivity contribution >= 4 is 35.6 Å². The van der Waals surface area contributed by atoms with Crippen LogP contribution in [0.2, 0.25) is 0 Å². The molecule has 0 aliphatic heterocycles. The second-order valence-electron chi connectivity index (χ2n) is 6.28. The monoisotopic (exact) mass is 456 g/mol. The Bertz CT molecular complexity index is 697. The fourth-order valence-corrected chi connectivity index (χ4v) is 1.94. The highest BCUT2D eigenvalue weighted by Gasteiger charge is 2.12. The van der Waals surface area contributed by atoms with Gasteiger partial charge in [-0.1, -0.05) is 12.1 Å². The number of ether oxygens (including phenoxy) is 2. The number of aliphatic imine (C=N–C) groups is 1. The number of pyridine rings is 1. The Morgan fingerprint density at radius 1 is 1.24 bits per heavy atom. The van der Waals surface area contributed by atoms with Gasteiger partial charge in [-0.3, -0.25) is 0 Å². The van der Waals surface area contributed by atoms with Gasteiger partial charge >= 0.3 is 0 Å². The Hall–Kier alpha value is -2.03. The molecular weight excluding hydrogens is 431 g/mol. The molecular formula is C18H25IN4O2. The molecule has 0 atom stereocenters. The lowest BCUT2D eigenvalue weighted by molar-refractivity contribution is 0.124. The Morgan fingerprint density at radius 3 is 2.60 bits per heavy atom. The molecule has 1 aromatic carbocycles. The number of nitrogens with two attached hydrogens (primary N) is 1. The van der Waals surface area contributed by atoms with E-state index in [-0.39, 0.29) is 29.6 Å². The van der Waals surface area contributed by atoms with E-state index in [1.807, 2.05) is 57.2 Å². The highest BCUT2D eigenvalue weighted by atomic mass is 127. The summed E-state index contributed by atoms with van der Waals surface area (Å²) in [5, 5.41) is 3.03. The summed E-state index contributed by atoms with van der Waals surface area (Å²) in [5.74, 6) is 1.68. The number of aromatic nitrogens is 1. The van der Waals surface area contributed by atoms with E-state index in [1.54, 1.807) is 13.3 Å². The van der Waals surface area contributed by atoms with Crippen molar-refractivity contribution in [2.45, 2.75) is 32.9 Å². The van der Waals surface area contributed by atoms with Gasteiger partial charge in [0.1, 0.15) is 11.4 Å². The van der Waals surface area contributed by atoms with Crippen molar-refractivity contribution in [3.05, 3.63) is 48.2 Å². The van der Waals surface area contributed by atoms with Crippen LogP contribution in [0.1, 0.15) is 26.3 Å². The number of hydrogen-bond donors (Lipinski definition) is 2. The molecule has 2 rings (SSSR count). The zero-order chi connectivity index (χ0) is 17.6. The largest absolute Gasteiger partial charge is 0.497 e. The molecule has 0 aliphatic carbocycles. The van der Waals surface area contributed by atoms with Gasteiger partial charge < -0.3 is 20.5 Å². The number of rotatable bonds is 5. The van der Waals surface area contributed by atoms with Gasteiger partial charge in [-0.05, 0) is 38.5 Å². The third-order valence-corrected chi connectivity index (χ3v) is 2.98. The third-order valence-electron chi connectivity index (χ3n) is 2.98. The van der Waals surface area contributed by atoms with Crippen molar-refractivity contribution in [3.8, 4) is 11.6 Å². The molecule has 0 radical (unpaired) electrons. The molecule has 1 heterocycles. The molecule has 0 saturated carbocycles. The van der Waals surface area contributed by atoms with Crippen molar-refractivity contribution in [1.29, 1.82) is 0 Å². The Kier molecular flexibility index (Phi) is 7.95. The first-order valence-electron chi connectivity index (χ1n) is 7.71. The smallest absolute Gasteiger partial charge is 0.213 e. The van der Waals surface area contributed by atoms with Gasteiger partial charge in [0.25, 0.3) is 0 Å². The number of nitrogens with zero attached hydrogens (tertiary/aromatic N) is 2. The highest BCUT2D eigenvalue weighted by Crippen LogP contribution is 2.17. The molecule has 1 aromatic heterocycles. The maximum absolute atomic E-state index is 5.91.